The van der Waals surface area contributed by atoms with Gasteiger partial charge in [-0.2, -0.15) is 0 Å². The van der Waals surface area contributed by atoms with E-state index in [0.29, 0.717) is 19.4 Å². The van der Waals surface area contributed by atoms with Crippen molar-refractivity contribution < 1.29 is 29.0 Å². The zero-order valence-electron chi connectivity index (χ0n) is 22.0. The van der Waals surface area contributed by atoms with Crippen molar-refractivity contribution in [2.24, 2.45) is 5.92 Å². The SMILES string of the molecule is C=CCCCCC(=O)OC(c1ccccc1)C(COC)NC(=O)C(CC=C)CC(=O)N1CCCC1CO. The van der Waals surface area contributed by atoms with E-state index in [-0.39, 0.29) is 49.9 Å². The lowest BCUT2D eigenvalue weighted by atomic mass is 9.97. The lowest BCUT2D eigenvalue weighted by Crippen LogP contribution is -2.47. The van der Waals surface area contributed by atoms with Gasteiger partial charge in [0.15, 0.2) is 0 Å². The van der Waals surface area contributed by atoms with Gasteiger partial charge in [-0.1, -0.05) is 42.5 Å². The summed E-state index contributed by atoms with van der Waals surface area (Å²) in [6.45, 7) is 8.06. The van der Waals surface area contributed by atoms with Crippen LogP contribution in [0.5, 0.6) is 0 Å². The van der Waals surface area contributed by atoms with E-state index in [0.717, 1.165) is 31.2 Å². The summed E-state index contributed by atoms with van der Waals surface area (Å²) in [6, 6.07) is 8.39. The largest absolute Gasteiger partial charge is 0.455 e. The molecule has 0 aromatic heterocycles. The molecule has 0 saturated carbocycles. The van der Waals surface area contributed by atoms with Gasteiger partial charge in [-0.3, -0.25) is 14.4 Å². The lowest BCUT2D eigenvalue weighted by molar-refractivity contribution is -0.153. The van der Waals surface area contributed by atoms with Gasteiger partial charge in [0.1, 0.15) is 6.10 Å². The molecule has 0 radical (unpaired) electrons. The third kappa shape index (κ3) is 9.78. The van der Waals surface area contributed by atoms with Crippen molar-refractivity contribution >= 4 is 17.8 Å². The second kappa shape index (κ2) is 16.7. The molecule has 1 aromatic carbocycles. The summed E-state index contributed by atoms with van der Waals surface area (Å²) in [5.74, 6) is -1.49. The van der Waals surface area contributed by atoms with Gasteiger partial charge in [0.25, 0.3) is 0 Å². The van der Waals surface area contributed by atoms with Crippen LogP contribution in [0.1, 0.15) is 63.0 Å². The monoisotopic (exact) mass is 514 g/mol. The molecule has 0 bridgehead atoms. The Morgan fingerprint density at radius 1 is 1.19 bits per heavy atom. The summed E-state index contributed by atoms with van der Waals surface area (Å²) in [5, 5.41) is 12.6. The fourth-order valence-electron chi connectivity index (χ4n) is 4.63. The normalized spacial score (nSPS) is 17.5. The van der Waals surface area contributed by atoms with E-state index in [1.54, 1.807) is 11.0 Å². The highest BCUT2D eigenvalue weighted by molar-refractivity contribution is 5.86. The number of hydrogen-bond donors (Lipinski definition) is 2. The summed E-state index contributed by atoms with van der Waals surface area (Å²) < 4.78 is 11.3. The second-order valence-electron chi connectivity index (χ2n) is 9.42. The number of likely N-dealkylation sites (tertiary alicyclic amines) is 1. The molecule has 1 fully saturated rings. The number of ether oxygens (including phenoxy) is 2. The Morgan fingerprint density at radius 2 is 1.95 bits per heavy atom. The Morgan fingerprint density at radius 3 is 2.59 bits per heavy atom. The molecule has 2 amide bonds. The van der Waals surface area contributed by atoms with Crippen molar-refractivity contribution in [3.63, 3.8) is 0 Å². The fraction of sp³-hybridized carbons (Fsp3) is 0.552. The van der Waals surface area contributed by atoms with Crippen LogP contribution < -0.4 is 5.32 Å². The summed E-state index contributed by atoms with van der Waals surface area (Å²) in [6.07, 6.45) is 7.22. The first-order chi connectivity index (χ1) is 17.9. The molecule has 8 heteroatoms. The molecule has 0 spiro atoms. The Bertz CT molecular complexity index is 874. The maximum absolute atomic E-state index is 13.4. The maximum atomic E-state index is 13.4. The molecule has 1 aliphatic rings. The fourth-order valence-corrected chi connectivity index (χ4v) is 4.63. The highest BCUT2D eigenvalue weighted by Crippen LogP contribution is 2.25. The second-order valence-corrected chi connectivity index (χ2v) is 9.42. The van der Waals surface area contributed by atoms with E-state index < -0.39 is 18.1 Å². The third-order valence-electron chi connectivity index (χ3n) is 6.62. The van der Waals surface area contributed by atoms with Crippen LogP contribution in [-0.4, -0.2) is 66.7 Å². The Labute approximate surface area is 220 Å². The number of hydrogen-bond acceptors (Lipinski definition) is 6. The predicted molar refractivity (Wildman–Crippen MR) is 142 cm³/mol. The van der Waals surface area contributed by atoms with Crippen LogP contribution in [0, 0.1) is 5.92 Å². The van der Waals surface area contributed by atoms with Gasteiger partial charge in [0, 0.05) is 26.5 Å². The number of esters is 1. The standard InChI is InChI=1S/C29H42N2O6/c1-4-6-7-11-17-27(34)37-28(22-14-9-8-10-15-22)25(21-36-3)30-29(35)23(13-5-2)19-26(33)31-18-12-16-24(31)20-32/h4-5,8-10,14-15,23-25,28,32H,1-2,6-7,11-13,16-21H2,3H3,(H,30,35). The molecule has 2 N–H and O–H groups in total. The van der Waals surface area contributed by atoms with Crippen LogP contribution in [0.2, 0.25) is 0 Å². The molecular formula is C29H42N2O6. The molecular weight excluding hydrogens is 472 g/mol. The van der Waals surface area contributed by atoms with Gasteiger partial charge >= 0.3 is 5.97 Å². The summed E-state index contributed by atoms with van der Waals surface area (Å²) in [4.78, 5) is 40.7. The smallest absolute Gasteiger partial charge is 0.306 e. The molecule has 1 heterocycles. The third-order valence-corrected chi connectivity index (χ3v) is 6.62. The van der Waals surface area contributed by atoms with Gasteiger partial charge in [-0.05, 0) is 44.1 Å². The number of nitrogens with one attached hydrogen (secondary N) is 1. The summed E-state index contributed by atoms with van der Waals surface area (Å²) in [5.41, 5.74) is 0.739. The quantitative estimate of drug-likeness (QED) is 0.187. The van der Waals surface area contributed by atoms with Crippen LogP contribution in [-0.2, 0) is 23.9 Å². The minimum atomic E-state index is -0.755. The lowest BCUT2D eigenvalue weighted by Gasteiger charge is -2.30. The highest BCUT2D eigenvalue weighted by atomic mass is 16.5. The van der Waals surface area contributed by atoms with E-state index in [1.165, 1.54) is 7.11 Å². The highest BCUT2D eigenvalue weighted by Gasteiger charge is 2.34. The van der Waals surface area contributed by atoms with Gasteiger partial charge in [0.2, 0.25) is 11.8 Å². The number of benzene rings is 1. The molecule has 2 rings (SSSR count). The first kappa shape index (κ1) is 30.3. The number of rotatable bonds is 17. The molecule has 4 atom stereocenters. The molecule has 1 saturated heterocycles. The molecule has 37 heavy (non-hydrogen) atoms. The molecule has 0 aliphatic carbocycles. The number of carbonyl (C=O) groups excluding carboxylic acids is 3. The van der Waals surface area contributed by atoms with E-state index in [9.17, 15) is 19.5 Å². The average Bonchev–Trinajstić information content (AvgIpc) is 3.39. The zero-order valence-corrected chi connectivity index (χ0v) is 22.0. The molecule has 8 nitrogen and oxygen atoms in total. The number of aliphatic hydroxyl groups excluding tert-OH is 1. The number of allylic oxidation sites excluding steroid dienone is 2. The topological polar surface area (TPSA) is 105 Å². The average molecular weight is 515 g/mol. The summed E-state index contributed by atoms with van der Waals surface area (Å²) >= 11 is 0. The first-order valence-electron chi connectivity index (χ1n) is 13.1. The summed E-state index contributed by atoms with van der Waals surface area (Å²) in [7, 11) is 1.52. The number of carbonyl (C=O) groups is 3. The number of nitrogens with zero attached hydrogens (tertiary/aromatic N) is 1. The molecule has 4 unspecified atom stereocenters. The van der Waals surface area contributed by atoms with E-state index >= 15 is 0 Å². The van der Waals surface area contributed by atoms with Gasteiger partial charge in [0.05, 0.1) is 31.2 Å². The van der Waals surface area contributed by atoms with Gasteiger partial charge in [-0.15, -0.1) is 13.2 Å². The van der Waals surface area contributed by atoms with E-state index in [4.69, 9.17) is 9.47 Å². The number of unbranched alkanes of at least 4 members (excludes halogenated alkanes) is 2. The van der Waals surface area contributed by atoms with Crippen molar-refractivity contribution in [2.75, 3.05) is 26.9 Å². The van der Waals surface area contributed by atoms with Crippen LogP contribution >= 0.6 is 0 Å². The molecule has 1 aromatic rings. The Hall–Kier alpha value is -2.97. The number of aliphatic hydroxyl groups is 1. The minimum Gasteiger partial charge on any atom is -0.455 e. The van der Waals surface area contributed by atoms with Crippen LogP contribution in [0.3, 0.4) is 0 Å². The van der Waals surface area contributed by atoms with Crippen molar-refractivity contribution in [2.45, 2.75) is 69.6 Å². The maximum Gasteiger partial charge on any atom is 0.306 e. The minimum absolute atomic E-state index is 0.00709. The van der Waals surface area contributed by atoms with E-state index in [1.807, 2.05) is 36.4 Å². The molecule has 204 valence electrons. The van der Waals surface area contributed by atoms with Crippen LogP contribution in [0.15, 0.2) is 55.6 Å². The Kier molecular flexibility index (Phi) is 13.7. The first-order valence-corrected chi connectivity index (χ1v) is 13.1. The van der Waals surface area contributed by atoms with Crippen molar-refractivity contribution in [1.29, 1.82) is 0 Å². The van der Waals surface area contributed by atoms with Gasteiger partial charge < -0.3 is 24.8 Å². The van der Waals surface area contributed by atoms with Crippen LogP contribution in [0.4, 0.5) is 0 Å². The Balaban J connectivity index is 2.16. The van der Waals surface area contributed by atoms with Gasteiger partial charge in [-0.25, -0.2) is 0 Å². The van der Waals surface area contributed by atoms with Crippen molar-refractivity contribution in [3.05, 3.63) is 61.2 Å². The number of amides is 2. The predicted octanol–water partition coefficient (Wildman–Crippen LogP) is 3.71. The van der Waals surface area contributed by atoms with E-state index in [2.05, 4.69) is 18.5 Å². The zero-order chi connectivity index (χ0) is 27.0. The molecule has 1 aliphatic heterocycles. The van der Waals surface area contributed by atoms with Crippen molar-refractivity contribution in [1.82, 2.24) is 10.2 Å². The number of methoxy groups -OCH3 is 1. The van der Waals surface area contributed by atoms with Crippen molar-refractivity contribution in [3.8, 4) is 0 Å². The van der Waals surface area contributed by atoms with Crippen LogP contribution in [0.25, 0.3) is 0 Å².